The Hall–Kier alpha value is -2.33. The minimum atomic E-state index is -0.302. The van der Waals surface area contributed by atoms with E-state index in [0.717, 1.165) is 0 Å². The van der Waals surface area contributed by atoms with Gasteiger partial charge in [0, 0.05) is 5.69 Å². The predicted molar refractivity (Wildman–Crippen MR) is 71.5 cm³/mol. The maximum absolute atomic E-state index is 11.9. The van der Waals surface area contributed by atoms with Crippen molar-refractivity contribution in [2.75, 3.05) is 5.32 Å². The summed E-state index contributed by atoms with van der Waals surface area (Å²) in [5.41, 5.74) is 1.22. The van der Waals surface area contributed by atoms with Crippen LogP contribution in [0.3, 0.4) is 0 Å². The van der Waals surface area contributed by atoms with E-state index in [4.69, 9.17) is 5.26 Å². The van der Waals surface area contributed by atoms with E-state index in [1.165, 1.54) is 18.1 Å². The molecule has 0 spiro atoms. The average molecular weight is 273 g/mol. The number of nitrogens with one attached hydrogen (secondary N) is 2. The third-order valence-corrected chi connectivity index (χ3v) is 3.32. The Bertz CT molecular complexity index is 588. The molecule has 19 heavy (non-hydrogen) atoms. The van der Waals surface area contributed by atoms with Gasteiger partial charge in [-0.15, -0.1) is 0 Å². The third-order valence-electron chi connectivity index (χ3n) is 2.33. The first-order chi connectivity index (χ1) is 9.19. The summed E-state index contributed by atoms with van der Waals surface area (Å²) in [4.78, 5) is 15.9. The predicted octanol–water partition coefficient (Wildman–Crippen LogP) is 1.80. The van der Waals surface area contributed by atoms with Crippen LogP contribution in [-0.4, -0.2) is 26.3 Å². The molecule has 1 aromatic heterocycles. The van der Waals surface area contributed by atoms with E-state index in [0.29, 0.717) is 16.4 Å². The van der Waals surface area contributed by atoms with E-state index in [2.05, 4.69) is 20.5 Å². The molecule has 0 aliphatic heterocycles. The van der Waals surface area contributed by atoms with Crippen LogP contribution < -0.4 is 5.32 Å². The maximum atomic E-state index is 11.9. The molecule has 1 aromatic carbocycles. The number of carbonyl (C=O) groups excluding carboxylic acids is 1. The van der Waals surface area contributed by atoms with Crippen molar-refractivity contribution in [1.29, 1.82) is 5.26 Å². The quantitative estimate of drug-likeness (QED) is 0.828. The highest BCUT2D eigenvalue weighted by molar-refractivity contribution is 8.00. The van der Waals surface area contributed by atoms with Gasteiger partial charge >= 0.3 is 0 Å². The Morgan fingerprint density at radius 1 is 1.47 bits per heavy atom. The monoisotopic (exact) mass is 273 g/mol. The van der Waals surface area contributed by atoms with Crippen molar-refractivity contribution in [3.8, 4) is 6.07 Å². The number of H-pyrrole nitrogens is 1. The molecule has 0 aliphatic carbocycles. The van der Waals surface area contributed by atoms with Crippen LogP contribution in [0, 0.1) is 11.3 Å². The number of anilines is 1. The zero-order valence-corrected chi connectivity index (χ0v) is 10.9. The highest BCUT2D eigenvalue weighted by atomic mass is 32.2. The van der Waals surface area contributed by atoms with Gasteiger partial charge in [0.15, 0.2) is 5.16 Å². The molecular weight excluding hydrogens is 262 g/mol. The molecule has 2 rings (SSSR count). The van der Waals surface area contributed by atoms with Crippen molar-refractivity contribution < 1.29 is 4.79 Å². The van der Waals surface area contributed by atoms with Crippen LogP contribution in [0.4, 0.5) is 5.69 Å². The van der Waals surface area contributed by atoms with E-state index in [-0.39, 0.29) is 11.2 Å². The summed E-state index contributed by atoms with van der Waals surface area (Å²) < 4.78 is 0. The summed E-state index contributed by atoms with van der Waals surface area (Å²) in [7, 11) is 0. The second kappa shape index (κ2) is 6.02. The molecule has 0 saturated heterocycles. The number of rotatable bonds is 4. The van der Waals surface area contributed by atoms with Crippen LogP contribution in [0.1, 0.15) is 12.5 Å². The summed E-state index contributed by atoms with van der Waals surface area (Å²) in [6, 6.07) is 8.73. The fraction of sp³-hybridized carbons (Fsp3) is 0.167. The number of aromatic amines is 1. The van der Waals surface area contributed by atoms with Gasteiger partial charge in [-0.3, -0.25) is 9.89 Å². The first kappa shape index (κ1) is 13.1. The normalized spacial score (nSPS) is 11.6. The summed E-state index contributed by atoms with van der Waals surface area (Å²) >= 11 is 1.29. The van der Waals surface area contributed by atoms with E-state index >= 15 is 0 Å². The maximum Gasteiger partial charge on any atom is 0.237 e. The van der Waals surface area contributed by atoms with Crippen LogP contribution >= 0.6 is 11.8 Å². The summed E-state index contributed by atoms with van der Waals surface area (Å²) in [5.74, 6) is -0.133. The largest absolute Gasteiger partial charge is 0.325 e. The number of nitrogens with zero attached hydrogens (tertiary/aromatic N) is 3. The molecule has 1 atom stereocenters. The number of nitriles is 1. The summed E-state index contributed by atoms with van der Waals surface area (Å²) in [6.07, 6.45) is 1.40. The minimum absolute atomic E-state index is 0.133. The number of thioether (sulfide) groups is 1. The van der Waals surface area contributed by atoms with Gasteiger partial charge in [-0.2, -0.15) is 10.4 Å². The number of benzene rings is 1. The second-order valence-electron chi connectivity index (χ2n) is 3.73. The summed E-state index contributed by atoms with van der Waals surface area (Å²) in [6.45, 7) is 1.78. The van der Waals surface area contributed by atoms with Gasteiger partial charge < -0.3 is 5.32 Å². The van der Waals surface area contributed by atoms with Crippen molar-refractivity contribution in [2.24, 2.45) is 0 Å². The minimum Gasteiger partial charge on any atom is -0.325 e. The Labute approximate surface area is 114 Å². The first-order valence-corrected chi connectivity index (χ1v) is 6.40. The Morgan fingerprint density at radius 2 is 2.21 bits per heavy atom. The van der Waals surface area contributed by atoms with E-state index in [1.807, 2.05) is 6.07 Å². The van der Waals surface area contributed by atoms with Crippen LogP contribution in [0.2, 0.25) is 0 Å². The van der Waals surface area contributed by atoms with Gasteiger partial charge in [-0.05, 0) is 31.2 Å². The lowest BCUT2D eigenvalue weighted by Gasteiger charge is -2.10. The lowest BCUT2D eigenvalue weighted by Crippen LogP contribution is -2.22. The van der Waals surface area contributed by atoms with Gasteiger partial charge in [0.2, 0.25) is 5.91 Å². The molecule has 1 amide bonds. The van der Waals surface area contributed by atoms with Gasteiger partial charge in [0.25, 0.3) is 0 Å². The molecule has 0 saturated carbocycles. The lowest BCUT2D eigenvalue weighted by molar-refractivity contribution is -0.115. The van der Waals surface area contributed by atoms with Crippen molar-refractivity contribution in [1.82, 2.24) is 15.2 Å². The first-order valence-electron chi connectivity index (χ1n) is 5.52. The highest BCUT2D eigenvalue weighted by Gasteiger charge is 2.15. The number of hydrogen-bond acceptors (Lipinski definition) is 5. The fourth-order valence-corrected chi connectivity index (χ4v) is 2.06. The third kappa shape index (κ3) is 3.56. The van der Waals surface area contributed by atoms with Crippen molar-refractivity contribution in [2.45, 2.75) is 17.3 Å². The van der Waals surface area contributed by atoms with Gasteiger partial charge in [-0.25, -0.2) is 4.98 Å². The van der Waals surface area contributed by atoms with E-state index < -0.39 is 0 Å². The molecule has 0 unspecified atom stereocenters. The molecule has 0 aliphatic rings. The Morgan fingerprint density at radius 3 is 2.79 bits per heavy atom. The number of carbonyl (C=O) groups is 1. The van der Waals surface area contributed by atoms with Crippen LogP contribution in [0.5, 0.6) is 0 Å². The Kier molecular flexibility index (Phi) is 4.15. The molecule has 2 N–H and O–H groups in total. The number of hydrogen-bond donors (Lipinski definition) is 2. The van der Waals surface area contributed by atoms with Crippen LogP contribution in [0.15, 0.2) is 35.7 Å². The molecule has 0 radical (unpaired) electrons. The fourth-order valence-electron chi connectivity index (χ4n) is 1.34. The molecule has 0 fully saturated rings. The lowest BCUT2D eigenvalue weighted by atomic mass is 10.2. The van der Waals surface area contributed by atoms with Gasteiger partial charge in [0.05, 0.1) is 16.9 Å². The number of aromatic nitrogens is 3. The molecule has 7 heteroatoms. The molecule has 2 aromatic rings. The average Bonchev–Trinajstić information content (AvgIpc) is 2.92. The standard InChI is InChI=1S/C12H11N5OS/c1-8(19-12-14-7-15-17-12)11(18)16-10-4-2-9(6-13)3-5-10/h2-5,7-8H,1H3,(H,16,18)(H,14,15,17)/t8-/m0/s1. The van der Waals surface area contributed by atoms with Gasteiger partial charge in [-0.1, -0.05) is 11.8 Å². The highest BCUT2D eigenvalue weighted by Crippen LogP contribution is 2.19. The molecule has 96 valence electrons. The van der Waals surface area contributed by atoms with Crippen molar-refractivity contribution in [3.63, 3.8) is 0 Å². The zero-order valence-electron chi connectivity index (χ0n) is 10.1. The molecular formula is C12H11N5OS. The van der Waals surface area contributed by atoms with Crippen molar-refractivity contribution in [3.05, 3.63) is 36.2 Å². The van der Waals surface area contributed by atoms with Gasteiger partial charge in [0.1, 0.15) is 6.33 Å². The number of amides is 1. The molecule has 1 heterocycles. The summed E-state index contributed by atoms with van der Waals surface area (Å²) in [5, 5.41) is 18.2. The zero-order chi connectivity index (χ0) is 13.7. The SMILES string of the molecule is C[C@H](Sc1ncn[nH]1)C(=O)Nc1ccc(C#N)cc1. The van der Waals surface area contributed by atoms with E-state index in [1.54, 1.807) is 31.2 Å². The Balaban J connectivity index is 1.94. The smallest absolute Gasteiger partial charge is 0.237 e. The van der Waals surface area contributed by atoms with Crippen molar-refractivity contribution >= 4 is 23.4 Å². The molecule has 6 nitrogen and oxygen atoms in total. The van der Waals surface area contributed by atoms with Crippen LogP contribution in [0.25, 0.3) is 0 Å². The molecule has 0 bridgehead atoms. The van der Waals surface area contributed by atoms with E-state index in [9.17, 15) is 4.79 Å². The second-order valence-corrected chi connectivity index (χ2v) is 5.06. The topological polar surface area (TPSA) is 94.5 Å². The van der Waals surface area contributed by atoms with Crippen LogP contribution in [-0.2, 0) is 4.79 Å².